The summed E-state index contributed by atoms with van der Waals surface area (Å²) < 4.78 is 0. The molecule has 0 radical (unpaired) electrons. The Bertz CT molecular complexity index is 860. The molecule has 3 heteroatoms. The zero-order valence-electron chi connectivity index (χ0n) is 14.4. The van der Waals surface area contributed by atoms with Crippen LogP contribution in [0.3, 0.4) is 0 Å². The molecule has 2 aliphatic carbocycles. The van der Waals surface area contributed by atoms with E-state index in [1.807, 2.05) is 0 Å². The Hall–Kier alpha value is -0.877. The van der Waals surface area contributed by atoms with Crippen LogP contribution in [-0.4, -0.2) is 0 Å². The van der Waals surface area contributed by atoms with Gasteiger partial charge < -0.3 is 24.8 Å². The molecular formula is C22H20Cl2Zr. The second kappa shape index (κ2) is 9.17. The van der Waals surface area contributed by atoms with E-state index in [-0.39, 0.29) is 51.0 Å². The number of hydrogen-bond donors (Lipinski definition) is 0. The third-order valence-electron chi connectivity index (χ3n) is 4.81. The molecule has 0 saturated carbocycles. The van der Waals surface area contributed by atoms with Crippen LogP contribution in [0.5, 0.6) is 0 Å². The summed E-state index contributed by atoms with van der Waals surface area (Å²) in [5, 5.41) is 0. The molecule has 0 aliphatic heterocycles. The molecule has 25 heavy (non-hydrogen) atoms. The average molecular weight is 447 g/mol. The molecule has 0 atom stereocenters. The van der Waals surface area contributed by atoms with Gasteiger partial charge >= 0.3 is 26.2 Å². The standard InChI is InChI=1S/C22H20.2ClH.Zr/c1-15-10-11-17(12-15)16(2)13-18-7-5-9-21-20-8-4-3-6-19(20)14-22(18)21;;;/h3-10,12-13H,11,14H2,1-2H3;2*1H;/q;;;+2/p-2. The van der Waals surface area contributed by atoms with E-state index in [4.69, 9.17) is 0 Å². The number of halogens is 2. The maximum Gasteiger partial charge on any atom is 2.00 e. The summed E-state index contributed by atoms with van der Waals surface area (Å²) in [6.07, 6.45) is 9.11. The third kappa shape index (κ3) is 4.28. The quantitative estimate of drug-likeness (QED) is 0.518. The van der Waals surface area contributed by atoms with Gasteiger partial charge in [-0.05, 0) is 65.7 Å². The molecule has 0 saturated heterocycles. The van der Waals surface area contributed by atoms with Crippen molar-refractivity contribution in [3.8, 4) is 11.1 Å². The van der Waals surface area contributed by atoms with E-state index in [9.17, 15) is 0 Å². The first-order valence-corrected chi connectivity index (χ1v) is 7.98. The van der Waals surface area contributed by atoms with Gasteiger partial charge in [0.1, 0.15) is 0 Å². The molecule has 0 amide bonds. The Morgan fingerprint density at radius 3 is 2.40 bits per heavy atom. The SMILES string of the molecule is CC1=CCC(C(C)=Cc2cccc3c2Cc2ccccc2-3)=C1.[Cl-].[Cl-].[Zr+2]. The van der Waals surface area contributed by atoms with Gasteiger partial charge in [-0.2, -0.15) is 0 Å². The van der Waals surface area contributed by atoms with Gasteiger partial charge in [0.05, 0.1) is 0 Å². The molecule has 2 aromatic carbocycles. The van der Waals surface area contributed by atoms with Gasteiger partial charge in [0.2, 0.25) is 0 Å². The summed E-state index contributed by atoms with van der Waals surface area (Å²) in [7, 11) is 0. The predicted molar refractivity (Wildman–Crippen MR) is 94.8 cm³/mol. The number of hydrogen-bond acceptors (Lipinski definition) is 0. The van der Waals surface area contributed by atoms with Crippen LogP contribution in [0.1, 0.15) is 37.0 Å². The molecule has 4 rings (SSSR count). The second-order valence-corrected chi connectivity index (χ2v) is 6.36. The molecule has 0 bridgehead atoms. The summed E-state index contributed by atoms with van der Waals surface area (Å²) in [5.74, 6) is 0. The van der Waals surface area contributed by atoms with Gasteiger partial charge in [0.25, 0.3) is 0 Å². The van der Waals surface area contributed by atoms with E-state index in [2.05, 4.69) is 74.5 Å². The maximum absolute atomic E-state index is 2.36. The predicted octanol–water partition coefficient (Wildman–Crippen LogP) is -0.0570. The van der Waals surface area contributed by atoms with E-state index in [1.165, 1.54) is 44.5 Å². The topological polar surface area (TPSA) is 0 Å². The molecule has 0 aromatic heterocycles. The van der Waals surface area contributed by atoms with Crippen LogP contribution in [0.25, 0.3) is 17.2 Å². The van der Waals surface area contributed by atoms with Crippen molar-refractivity contribution in [1.82, 2.24) is 0 Å². The van der Waals surface area contributed by atoms with Crippen molar-refractivity contribution in [2.45, 2.75) is 26.7 Å². The largest absolute Gasteiger partial charge is 2.00 e. The Morgan fingerprint density at radius 2 is 1.68 bits per heavy atom. The van der Waals surface area contributed by atoms with Crippen LogP contribution in [-0.2, 0) is 32.6 Å². The molecule has 0 fully saturated rings. The van der Waals surface area contributed by atoms with Crippen LogP contribution in [0.15, 0.2) is 71.3 Å². The minimum Gasteiger partial charge on any atom is -1.00 e. The summed E-state index contributed by atoms with van der Waals surface area (Å²) >= 11 is 0. The molecule has 0 N–H and O–H groups in total. The molecule has 2 aliphatic rings. The van der Waals surface area contributed by atoms with Crippen LogP contribution in [0.4, 0.5) is 0 Å². The van der Waals surface area contributed by atoms with E-state index < -0.39 is 0 Å². The number of benzene rings is 2. The molecular weight excluding hydrogens is 426 g/mol. The van der Waals surface area contributed by atoms with Crippen molar-refractivity contribution in [2.75, 3.05) is 0 Å². The molecule has 0 unspecified atom stereocenters. The zero-order chi connectivity index (χ0) is 15.1. The molecule has 0 spiro atoms. The summed E-state index contributed by atoms with van der Waals surface area (Å²) in [6.45, 7) is 4.41. The normalized spacial score (nSPS) is 14.2. The monoisotopic (exact) mass is 444 g/mol. The molecule has 126 valence electrons. The van der Waals surface area contributed by atoms with E-state index in [1.54, 1.807) is 0 Å². The van der Waals surface area contributed by atoms with Crippen molar-refractivity contribution in [3.05, 3.63) is 88.0 Å². The fourth-order valence-electron chi connectivity index (χ4n) is 3.58. The Balaban J connectivity index is 0.00000104. The van der Waals surface area contributed by atoms with Gasteiger partial charge in [-0.1, -0.05) is 66.3 Å². The van der Waals surface area contributed by atoms with Crippen LogP contribution in [0.2, 0.25) is 0 Å². The Labute approximate surface area is 182 Å². The number of fused-ring (bicyclic) bond motifs is 3. The van der Waals surface area contributed by atoms with Crippen LogP contribution < -0.4 is 24.8 Å². The van der Waals surface area contributed by atoms with Crippen molar-refractivity contribution >= 4 is 6.08 Å². The van der Waals surface area contributed by atoms with E-state index >= 15 is 0 Å². The fourth-order valence-corrected chi connectivity index (χ4v) is 3.58. The molecule has 0 heterocycles. The van der Waals surface area contributed by atoms with Gasteiger partial charge in [0, 0.05) is 0 Å². The van der Waals surface area contributed by atoms with Gasteiger partial charge in [-0.3, -0.25) is 0 Å². The first-order valence-electron chi connectivity index (χ1n) is 7.98. The number of allylic oxidation sites excluding steroid dienone is 5. The van der Waals surface area contributed by atoms with Crippen molar-refractivity contribution in [2.24, 2.45) is 0 Å². The minimum absolute atomic E-state index is 0. The first-order chi connectivity index (χ1) is 10.7. The van der Waals surface area contributed by atoms with Crippen LogP contribution >= 0.6 is 0 Å². The second-order valence-electron chi connectivity index (χ2n) is 6.36. The summed E-state index contributed by atoms with van der Waals surface area (Å²) in [4.78, 5) is 0. The van der Waals surface area contributed by atoms with Crippen molar-refractivity contribution in [1.29, 1.82) is 0 Å². The van der Waals surface area contributed by atoms with Gasteiger partial charge in [-0.15, -0.1) is 0 Å². The van der Waals surface area contributed by atoms with Crippen LogP contribution in [0, 0.1) is 0 Å². The van der Waals surface area contributed by atoms with Crippen molar-refractivity contribution in [3.63, 3.8) is 0 Å². The summed E-state index contributed by atoms with van der Waals surface area (Å²) in [6, 6.07) is 15.5. The first kappa shape index (κ1) is 22.2. The van der Waals surface area contributed by atoms with Gasteiger partial charge in [-0.25, -0.2) is 0 Å². The minimum atomic E-state index is 0. The Kier molecular flexibility index (Phi) is 8.13. The average Bonchev–Trinajstić information content (AvgIpc) is 3.12. The van der Waals surface area contributed by atoms with Gasteiger partial charge in [0.15, 0.2) is 0 Å². The third-order valence-corrected chi connectivity index (χ3v) is 4.81. The molecule has 0 nitrogen and oxygen atoms in total. The Morgan fingerprint density at radius 1 is 0.960 bits per heavy atom. The summed E-state index contributed by atoms with van der Waals surface area (Å²) in [5.41, 5.74) is 11.3. The number of rotatable bonds is 2. The van der Waals surface area contributed by atoms with Crippen molar-refractivity contribution < 1.29 is 51.0 Å². The fraction of sp³-hybridized carbons (Fsp3) is 0.182. The molecule has 2 aromatic rings. The maximum atomic E-state index is 2.36. The smallest absolute Gasteiger partial charge is 1.00 e. The zero-order valence-corrected chi connectivity index (χ0v) is 18.4. The van der Waals surface area contributed by atoms with E-state index in [0.29, 0.717) is 0 Å². The van der Waals surface area contributed by atoms with E-state index in [0.717, 1.165) is 12.8 Å².